The number of ether oxygens (including phenoxy) is 1. The van der Waals surface area contributed by atoms with E-state index in [0.717, 1.165) is 0 Å². The third-order valence-electron chi connectivity index (χ3n) is 4.94. The van der Waals surface area contributed by atoms with Gasteiger partial charge in [-0.2, -0.15) is 0 Å². The van der Waals surface area contributed by atoms with Crippen LogP contribution in [-0.4, -0.2) is 42.0 Å². The SMILES string of the molecule is CC(NC(=O)C(C)(C)C)C(=O)OCC(=O)Nc1ccc2c(c1)C(=O)c1ccccc1C2=O. The highest BCUT2D eigenvalue weighted by atomic mass is 16.5. The van der Waals surface area contributed by atoms with Gasteiger partial charge in [0.2, 0.25) is 5.91 Å². The number of ketones is 2. The first-order valence-electron chi connectivity index (χ1n) is 10.1. The van der Waals surface area contributed by atoms with Gasteiger partial charge in [0.25, 0.3) is 5.91 Å². The molecule has 1 aliphatic rings. The Hall–Kier alpha value is -3.81. The van der Waals surface area contributed by atoms with Crippen molar-refractivity contribution in [2.24, 2.45) is 5.41 Å². The van der Waals surface area contributed by atoms with Crippen molar-refractivity contribution in [1.82, 2.24) is 5.32 Å². The predicted molar refractivity (Wildman–Crippen MR) is 116 cm³/mol. The molecule has 0 bridgehead atoms. The van der Waals surface area contributed by atoms with Gasteiger partial charge >= 0.3 is 5.97 Å². The van der Waals surface area contributed by atoms with Crippen LogP contribution in [0.5, 0.6) is 0 Å². The third-order valence-corrected chi connectivity index (χ3v) is 4.94. The van der Waals surface area contributed by atoms with Crippen LogP contribution in [0.1, 0.15) is 59.5 Å². The van der Waals surface area contributed by atoms with Crippen molar-refractivity contribution < 1.29 is 28.7 Å². The second kappa shape index (κ2) is 8.74. The summed E-state index contributed by atoms with van der Waals surface area (Å²) in [5.41, 5.74) is 0.746. The molecule has 3 rings (SSSR count). The maximum Gasteiger partial charge on any atom is 0.328 e. The molecule has 0 fully saturated rings. The lowest BCUT2D eigenvalue weighted by Gasteiger charge is -2.21. The normalized spacial score (nSPS) is 13.5. The van der Waals surface area contributed by atoms with Crippen LogP contribution in [0.25, 0.3) is 0 Å². The Bertz CT molecular complexity index is 1130. The maximum absolute atomic E-state index is 12.8. The molecule has 0 heterocycles. The number of nitrogens with one attached hydrogen (secondary N) is 2. The Morgan fingerprint density at radius 2 is 1.47 bits per heavy atom. The van der Waals surface area contributed by atoms with Crippen LogP contribution >= 0.6 is 0 Å². The fourth-order valence-corrected chi connectivity index (χ4v) is 3.11. The zero-order valence-electron chi connectivity index (χ0n) is 18.3. The Morgan fingerprint density at radius 3 is 2.06 bits per heavy atom. The summed E-state index contributed by atoms with van der Waals surface area (Å²) >= 11 is 0. The molecule has 166 valence electrons. The van der Waals surface area contributed by atoms with Crippen molar-refractivity contribution in [1.29, 1.82) is 0 Å². The number of amides is 2. The fraction of sp³-hybridized carbons (Fsp3) is 0.292. The number of benzene rings is 2. The zero-order chi connectivity index (χ0) is 23.6. The average Bonchev–Trinajstić information content (AvgIpc) is 2.75. The minimum Gasteiger partial charge on any atom is -0.454 e. The van der Waals surface area contributed by atoms with Crippen molar-refractivity contribution in [3.05, 3.63) is 64.7 Å². The van der Waals surface area contributed by atoms with E-state index in [9.17, 15) is 24.0 Å². The summed E-state index contributed by atoms with van der Waals surface area (Å²) in [6.07, 6.45) is 0. The lowest BCUT2D eigenvalue weighted by atomic mass is 9.84. The average molecular weight is 436 g/mol. The van der Waals surface area contributed by atoms with Crippen LogP contribution in [0.3, 0.4) is 0 Å². The predicted octanol–water partition coefficient (Wildman–Crippen LogP) is 2.49. The summed E-state index contributed by atoms with van der Waals surface area (Å²) in [7, 11) is 0. The van der Waals surface area contributed by atoms with E-state index in [-0.39, 0.29) is 28.6 Å². The van der Waals surface area contributed by atoms with Crippen molar-refractivity contribution >= 4 is 35.0 Å². The van der Waals surface area contributed by atoms with Gasteiger partial charge in [0.15, 0.2) is 18.2 Å². The van der Waals surface area contributed by atoms with Gasteiger partial charge in [-0.3, -0.25) is 19.2 Å². The molecule has 8 heteroatoms. The first-order valence-corrected chi connectivity index (χ1v) is 10.1. The van der Waals surface area contributed by atoms with Crippen molar-refractivity contribution in [3.8, 4) is 0 Å². The van der Waals surface area contributed by atoms with Gasteiger partial charge in [-0.05, 0) is 25.1 Å². The van der Waals surface area contributed by atoms with Crippen molar-refractivity contribution in [3.63, 3.8) is 0 Å². The van der Waals surface area contributed by atoms with Gasteiger partial charge in [-0.25, -0.2) is 4.79 Å². The molecule has 0 aliphatic heterocycles. The molecule has 2 aromatic carbocycles. The van der Waals surface area contributed by atoms with Crippen LogP contribution in [0.4, 0.5) is 5.69 Å². The van der Waals surface area contributed by atoms with Crippen LogP contribution in [0.2, 0.25) is 0 Å². The zero-order valence-corrected chi connectivity index (χ0v) is 18.3. The van der Waals surface area contributed by atoms with E-state index in [4.69, 9.17) is 4.74 Å². The molecule has 0 saturated carbocycles. The van der Waals surface area contributed by atoms with E-state index >= 15 is 0 Å². The monoisotopic (exact) mass is 436 g/mol. The summed E-state index contributed by atoms with van der Waals surface area (Å²) in [5, 5.41) is 5.07. The minimum absolute atomic E-state index is 0.196. The number of carbonyl (C=O) groups is 5. The first kappa shape index (κ1) is 22.9. The number of fused-ring (bicyclic) bond motifs is 2. The number of hydrogen-bond donors (Lipinski definition) is 2. The second-order valence-corrected chi connectivity index (χ2v) is 8.57. The standard InChI is InChI=1S/C24H24N2O6/c1-13(25-23(31)24(2,3)4)22(30)32-12-19(27)26-14-9-10-17-18(11-14)21(29)16-8-6-5-7-15(16)20(17)28/h5-11,13H,12H2,1-4H3,(H,25,31)(H,26,27). The van der Waals surface area contributed by atoms with Crippen molar-refractivity contribution in [2.75, 3.05) is 11.9 Å². The number of hydrogen-bond acceptors (Lipinski definition) is 6. The smallest absolute Gasteiger partial charge is 0.328 e. The third kappa shape index (κ3) is 4.74. The second-order valence-electron chi connectivity index (χ2n) is 8.57. The van der Waals surface area contributed by atoms with Crippen LogP contribution in [0, 0.1) is 5.41 Å². The highest BCUT2D eigenvalue weighted by Crippen LogP contribution is 2.29. The summed E-state index contributed by atoms with van der Waals surface area (Å²) in [6, 6.07) is 10.1. The molecule has 0 aromatic heterocycles. The summed E-state index contributed by atoms with van der Waals surface area (Å²) < 4.78 is 4.96. The molecule has 0 saturated heterocycles. The molecule has 1 aliphatic carbocycles. The molecule has 8 nitrogen and oxygen atoms in total. The molecule has 2 N–H and O–H groups in total. The fourth-order valence-electron chi connectivity index (χ4n) is 3.11. The Morgan fingerprint density at radius 1 is 0.906 bits per heavy atom. The molecular formula is C24H24N2O6. The molecule has 0 radical (unpaired) electrons. The highest BCUT2D eigenvalue weighted by Gasteiger charge is 2.30. The maximum atomic E-state index is 12.8. The largest absolute Gasteiger partial charge is 0.454 e. The van der Waals surface area contributed by atoms with Crippen molar-refractivity contribution in [2.45, 2.75) is 33.7 Å². The van der Waals surface area contributed by atoms with Gasteiger partial charge in [0.1, 0.15) is 6.04 Å². The molecule has 32 heavy (non-hydrogen) atoms. The van der Waals surface area contributed by atoms with E-state index in [1.807, 2.05) is 0 Å². The van der Waals surface area contributed by atoms with Crippen LogP contribution in [-0.2, 0) is 19.1 Å². The van der Waals surface area contributed by atoms with Gasteiger partial charge < -0.3 is 15.4 Å². The minimum atomic E-state index is -0.915. The molecule has 2 amide bonds. The Kier molecular flexibility index (Phi) is 6.25. The lowest BCUT2D eigenvalue weighted by molar-refractivity contribution is -0.150. The molecule has 0 spiro atoms. The molecule has 1 unspecified atom stereocenters. The Balaban J connectivity index is 1.62. The van der Waals surface area contributed by atoms with Gasteiger partial charge in [-0.1, -0.05) is 45.0 Å². The molecule has 1 atom stereocenters. The summed E-state index contributed by atoms with van der Waals surface area (Å²) in [5.74, 6) is -2.25. The molecular weight excluding hydrogens is 412 g/mol. The van der Waals surface area contributed by atoms with Crippen LogP contribution in [0.15, 0.2) is 42.5 Å². The van der Waals surface area contributed by atoms with E-state index < -0.39 is 29.9 Å². The summed E-state index contributed by atoms with van der Waals surface area (Å²) in [4.78, 5) is 61.6. The van der Waals surface area contributed by atoms with E-state index in [2.05, 4.69) is 10.6 Å². The number of carbonyl (C=O) groups excluding carboxylic acids is 5. The van der Waals surface area contributed by atoms with E-state index in [1.54, 1.807) is 45.0 Å². The number of esters is 1. The topological polar surface area (TPSA) is 119 Å². The van der Waals surface area contributed by atoms with Gasteiger partial charge in [0, 0.05) is 33.4 Å². The van der Waals surface area contributed by atoms with Gasteiger partial charge in [0.05, 0.1) is 0 Å². The molecule has 2 aromatic rings. The first-order chi connectivity index (χ1) is 15.0. The highest BCUT2D eigenvalue weighted by molar-refractivity contribution is 6.28. The number of anilines is 1. The lowest BCUT2D eigenvalue weighted by Crippen LogP contribution is -2.45. The van der Waals surface area contributed by atoms with Crippen LogP contribution < -0.4 is 10.6 Å². The van der Waals surface area contributed by atoms with E-state index in [1.165, 1.54) is 25.1 Å². The Labute approximate surface area is 185 Å². The summed E-state index contributed by atoms with van der Waals surface area (Å²) in [6.45, 7) is 6.03. The quantitative estimate of drug-likeness (QED) is 0.593. The number of rotatable bonds is 5. The van der Waals surface area contributed by atoms with Gasteiger partial charge in [-0.15, -0.1) is 0 Å². The van der Waals surface area contributed by atoms with E-state index in [0.29, 0.717) is 16.8 Å².